The zero-order chi connectivity index (χ0) is 24.9. The van der Waals surface area contributed by atoms with Gasteiger partial charge >= 0.3 is 0 Å². The molecule has 7 nitrogen and oxygen atoms in total. The lowest BCUT2D eigenvalue weighted by Gasteiger charge is -2.24. The van der Waals surface area contributed by atoms with Crippen molar-refractivity contribution < 1.29 is 15.1 Å². The Kier molecular flexibility index (Phi) is 7.68. The van der Waals surface area contributed by atoms with Crippen LogP contribution >= 0.6 is 0 Å². The summed E-state index contributed by atoms with van der Waals surface area (Å²) in [7, 11) is 1.65. The van der Waals surface area contributed by atoms with E-state index in [1.165, 1.54) is 10.6 Å². The van der Waals surface area contributed by atoms with Gasteiger partial charge in [0.15, 0.2) is 0 Å². The largest absolute Gasteiger partial charge is 0.411 e. The van der Waals surface area contributed by atoms with Crippen LogP contribution < -0.4 is 10.9 Å². The lowest BCUT2D eigenvalue weighted by molar-refractivity contribution is 0.0869. The summed E-state index contributed by atoms with van der Waals surface area (Å²) >= 11 is 0. The van der Waals surface area contributed by atoms with Crippen molar-refractivity contribution in [3.63, 3.8) is 0 Å². The molecule has 7 heteroatoms. The number of oxime groups is 1. The third-order valence-corrected chi connectivity index (χ3v) is 5.92. The number of aryl methyl sites for hydroxylation is 2. The van der Waals surface area contributed by atoms with E-state index in [0.29, 0.717) is 23.3 Å². The van der Waals surface area contributed by atoms with Crippen LogP contribution in [-0.4, -0.2) is 38.6 Å². The molecule has 0 saturated heterocycles. The molecule has 0 aliphatic heterocycles. The first-order valence-corrected chi connectivity index (χ1v) is 11.1. The maximum Gasteiger partial charge on any atom is 0.251 e. The topological polar surface area (TPSA) is 104 Å². The minimum atomic E-state index is -0.721. The maximum absolute atomic E-state index is 12.6. The number of carbonyl (C=O) groups excluding carboxylic acids is 1. The highest BCUT2D eigenvalue weighted by Gasteiger charge is 2.23. The SMILES string of the molecule is Cc1ccccc1C(CC(=NO)c1ccc(=O)n(C)c1)c1ccc(C(=O)NC(C)(C)CO)cc1. The van der Waals surface area contributed by atoms with Crippen LogP contribution in [0, 0.1) is 6.92 Å². The van der Waals surface area contributed by atoms with Crippen LogP contribution in [0.3, 0.4) is 0 Å². The molecule has 1 aromatic heterocycles. The zero-order valence-corrected chi connectivity index (χ0v) is 19.9. The number of rotatable bonds is 8. The summed E-state index contributed by atoms with van der Waals surface area (Å²) in [4.78, 5) is 24.4. The molecule has 3 N–H and O–H groups in total. The molecule has 1 amide bonds. The number of pyridine rings is 1. The zero-order valence-electron chi connectivity index (χ0n) is 19.9. The number of benzene rings is 2. The lowest BCUT2D eigenvalue weighted by Crippen LogP contribution is -2.46. The van der Waals surface area contributed by atoms with Gasteiger partial charge in [0.2, 0.25) is 5.56 Å². The van der Waals surface area contributed by atoms with E-state index in [0.717, 1.165) is 16.7 Å². The highest BCUT2D eigenvalue weighted by atomic mass is 16.4. The maximum atomic E-state index is 12.6. The molecule has 2 aromatic carbocycles. The monoisotopic (exact) mass is 461 g/mol. The second kappa shape index (κ2) is 10.5. The molecule has 0 radical (unpaired) electrons. The summed E-state index contributed by atoms with van der Waals surface area (Å²) < 4.78 is 1.45. The van der Waals surface area contributed by atoms with E-state index in [2.05, 4.69) is 10.5 Å². The molecule has 1 heterocycles. The molecule has 0 aliphatic carbocycles. The Morgan fingerprint density at radius 3 is 2.29 bits per heavy atom. The highest BCUT2D eigenvalue weighted by Crippen LogP contribution is 2.32. The number of nitrogens with one attached hydrogen (secondary N) is 1. The van der Waals surface area contributed by atoms with Gasteiger partial charge < -0.3 is 20.2 Å². The van der Waals surface area contributed by atoms with E-state index in [1.54, 1.807) is 45.3 Å². The fourth-order valence-corrected chi connectivity index (χ4v) is 3.85. The van der Waals surface area contributed by atoms with Crippen molar-refractivity contribution in [3.05, 3.63) is 105 Å². The Balaban J connectivity index is 1.97. The Morgan fingerprint density at radius 1 is 1.06 bits per heavy atom. The van der Waals surface area contributed by atoms with Gasteiger partial charge in [-0.1, -0.05) is 41.6 Å². The summed E-state index contributed by atoms with van der Waals surface area (Å²) in [6.07, 6.45) is 2.05. The quantitative estimate of drug-likeness (QED) is 0.271. The molecular weight excluding hydrogens is 430 g/mol. The van der Waals surface area contributed by atoms with Gasteiger partial charge in [-0.05, 0) is 55.7 Å². The van der Waals surface area contributed by atoms with Gasteiger partial charge in [0.1, 0.15) is 0 Å². The Labute approximate surface area is 199 Å². The van der Waals surface area contributed by atoms with Crippen molar-refractivity contribution in [2.24, 2.45) is 12.2 Å². The smallest absolute Gasteiger partial charge is 0.251 e. The highest BCUT2D eigenvalue weighted by molar-refractivity contribution is 6.00. The van der Waals surface area contributed by atoms with E-state index in [1.807, 2.05) is 43.3 Å². The van der Waals surface area contributed by atoms with E-state index in [4.69, 9.17) is 0 Å². The number of amides is 1. The normalized spacial score (nSPS) is 12.9. The van der Waals surface area contributed by atoms with Crippen molar-refractivity contribution in [2.75, 3.05) is 6.61 Å². The van der Waals surface area contributed by atoms with E-state index >= 15 is 0 Å². The number of aliphatic hydroxyl groups excluding tert-OH is 1. The Hall–Kier alpha value is -3.71. The lowest BCUT2D eigenvalue weighted by atomic mass is 9.83. The minimum Gasteiger partial charge on any atom is -0.411 e. The van der Waals surface area contributed by atoms with Crippen molar-refractivity contribution in [2.45, 2.75) is 38.6 Å². The summed E-state index contributed by atoms with van der Waals surface area (Å²) in [5.74, 6) is -0.406. The van der Waals surface area contributed by atoms with Gasteiger partial charge in [0.05, 0.1) is 17.9 Å². The van der Waals surface area contributed by atoms with Crippen LogP contribution in [0.5, 0.6) is 0 Å². The van der Waals surface area contributed by atoms with Crippen molar-refractivity contribution in [1.29, 1.82) is 0 Å². The van der Waals surface area contributed by atoms with Gasteiger partial charge in [0, 0.05) is 42.8 Å². The Morgan fingerprint density at radius 2 is 1.71 bits per heavy atom. The average Bonchev–Trinajstić information content (AvgIpc) is 2.82. The fourth-order valence-electron chi connectivity index (χ4n) is 3.85. The molecule has 0 spiro atoms. The van der Waals surface area contributed by atoms with Gasteiger partial charge in [-0.25, -0.2) is 0 Å². The first kappa shape index (κ1) is 24.9. The number of aromatic nitrogens is 1. The standard InChI is InChI=1S/C27H31N3O4/c1-18-7-5-6-8-22(18)23(15-24(29-34)21-13-14-25(32)30(4)16-21)19-9-11-20(12-10-19)26(33)28-27(2,3)17-31/h5-14,16,23,31,34H,15,17H2,1-4H3,(H,28,33). The number of aliphatic hydroxyl groups is 1. The third-order valence-electron chi connectivity index (χ3n) is 5.92. The average molecular weight is 462 g/mol. The molecule has 3 rings (SSSR count). The van der Waals surface area contributed by atoms with E-state index < -0.39 is 5.54 Å². The van der Waals surface area contributed by atoms with E-state index in [9.17, 15) is 19.9 Å². The number of nitrogens with zero attached hydrogens (tertiary/aromatic N) is 2. The van der Waals surface area contributed by atoms with Crippen molar-refractivity contribution >= 4 is 11.6 Å². The van der Waals surface area contributed by atoms with Crippen LogP contribution in [0.25, 0.3) is 0 Å². The Bertz CT molecular complexity index is 1240. The first-order chi connectivity index (χ1) is 16.1. The molecule has 0 bridgehead atoms. The third kappa shape index (κ3) is 5.80. The molecule has 3 aromatic rings. The van der Waals surface area contributed by atoms with Crippen LogP contribution in [-0.2, 0) is 7.05 Å². The summed E-state index contributed by atoms with van der Waals surface area (Å²) in [5, 5.41) is 25.6. The summed E-state index contributed by atoms with van der Waals surface area (Å²) in [5.41, 5.74) is 3.86. The van der Waals surface area contributed by atoms with Gasteiger partial charge in [0.25, 0.3) is 5.91 Å². The molecule has 0 fully saturated rings. The molecule has 178 valence electrons. The number of hydrogen-bond acceptors (Lipinski definition) is 5. The van der Waals surface area contributed by atoms with E-state index in [-0.39, 0.29) is 24.0 Å². The molecular formula is C27H31N3O4. The minimum absolute atomic E-state index is 0.143. The molecule has 0 saturated carbocycles. The van der Waals surface area contributed by atoms with Crippen LogP contribution in [0.2, 0.25) is 0 Å². The fraction of sp³-hybridized carbons (Fsp3) is 0.296. The number of hydrogen-bond donors (Lipinski definition) is 3. The first-order valence-electron chi connectivity index (χ1n) is 11.1. The predicted octanol–water partition coefficient (Wildman–Crippen LogP) is 3.59. The van der Waals surface area contributed by atoms with Crippen LogP contribution in [0.15, 0.2) is 76.8 Å². The van der Waals surface area contributed by atoms with Gasteiger partial charge in [-0.2, -0.15) is 0 Å². The molecule has 1 atom stereocenters. The van der Waals surface area contributed by atoms with Crippen LogP contribution in [0.4, 0.5) is 0 Å². The summed E-state index contributed by atoms with van der Waals surface area (Å²) in [6, 6.07) is 18.4. The van der Waals surface area contributed by atoms with Crippen molar-refractivity contribution in [1.82, 2.24) is 9.88 Å². The second-order valence-electron chi connectivity index (χ2n) is 9.15. The molecule has 0 aliphatic rings. The number of carbonyl (C=O) groups is 1. The van der Waals surface area contributed by atoms with Crippen LogP contribution in [0.1, 0.15) is 58.8 Å². The molecule has 1 unspecified atom stereocenters. The summed E-state index contributed by atoms with van der Waals surface area (Å²) in [6.45, 7) is 5.37. The van der Waals surface area contributed by atoms with Crippen molar-refractivity contribution in [3.8, 4) is 0 Å². The predicted molar refractivity (Wildman–Crippen MR) is 133 cm³/mol. The second-order valence-corrected chi connectivity index (χ2v) is 9.15. The van der Waals surface area contributed by atoms with Gasteiger partial charge in [-0.3, -0.25) is 9.59 Å². The van der Waals surface area contributed by atoms with Gasteiger partial charge in [-0.15, -0.1) is 0 Å². The molecule has 34 heavy (non-hydrogen) atoms.